The number of anilines is 1. The summed E-state index contributed by atoms with van der Waals surface area (Å²) in [6.07, 6.45) is 2.14. The van der Waals surface area contributed by atoms with Crippen molar-refractivity contribution < 1.29 is 14.7 Å². The summed E-state index contributed by atoms with van der Waals surface area (Å²) in [4.78, 5) is 23.3. The van der Waals surface area contributed by atoms with E-state index in [-0.39, 0.29) is 11.5 Å². The van der Waals surface area contributed by atoms with Gasteiger partial charge in [-0.05, 0) is 44.5 Å². The number of hydrogen-bond donors (Lipinski definition) is 3. The van der Waals surface area contributed by atoms with E-state index in [0.717, 1.165) is 25.9 Å². The van der Waals surface area contributed by atoms with Crippen LogP contribution in [0.3, 0.4) is 0 Å². The number of aryl methyl sites for hydroxylation is 1. The maximum atomic E-state index is 12.0. The van der Waals surface area contributed by atoms with Crippen molar-refractivity contribution >= 4 is 29.3 Å². The van der Waals surface area contributed by atoms with Gasteiger partial charge in [0.1, 0.15) is 0 Å². The summed E-state index contributed by atoms with van der Waals surface area (Å²) in [6, 6.07) is 5.10. The number of benzene rings is 1. The third-order valence-electron chi connectivity index (χ3n) is 3.50. The molecule has 1 heterocycles. The van der Waals surface area contributed by atoms with E-state index < -0.39 is 5.97 Å². The molecular weight excluding hydrogens is 288 g/mol. The number of hydrogen-bond acceptors (Lipinski definition) is 4. The molecule has 0 bridgehead atoms. The van der Waals surface area contributed by atoms with Gasteiger partial charge in [0.25, 0.3) is 0 Å². The minimum Gasteiger partial charge on any atom is -0.478 e. The first-order chi connectivity index (χ1) is 10.1. The summed E-state index contributed by atoms with van der Waals surface area (Å²) in [5, 5.41) is 15.7. The number of carbonyl (C=O) groups is 2. The van der Waals surface area contributed by atoms with E-state index in [1.54, 1.807) is 36.9 Å². The Balaban J connectivity index is 1.93. The van der Waals surface area contributed by atoms with Gasteiger partial charge >= 0.3 is 5.97 Å². The van der Waals surface area contributed by atoms with Gasteiger partial charge in [-0.3, -0.25) is 4.79 Å². The van der Waals surface area contributed by atoms with Crippen LogP contribution in [0, 0.1) is 6.92 Å². The van der Waals surface area contributed by atoms with Crippen LogP contribution in [0.15, 0.2) is 18.2 Å². The minimum absolute atomic E-state index is 0.147. The molecule has 5 nitrogen and oxygen atoms in total. The van der Waals surface area contributed by atoms with Crippen molar-refractivity contribution in [2.75, 3.05) is 24.2 Å². The highest BCUT2D eigenvalue weighted by Crippen LogP contribution is 2.22. The second kappa shape index (κ2) is 7.47. The van der Waals surface area contributed by atoms with E-state index in [1.807, 2.05) is 0 Å². The molecule has 1 aliphatic heterocycles. The van der Waals surface area contributed by atoms with Gasteiger partial charge in [-0.15, -0.1) is 11.8 Å². The predicted octanol–water partition coefficient (Wildman–Crippen LogP) is 2.12. The van der Waals surface area contributed by atoms with Gasteiger partial charge < -0.3 is 15.7 Å². The zero-order valence-electron chi connectivity index (χ0n) is 12.0. The van der Waals surface area contributed by atoms with Crippen LogP contribution in [0.2, 0.25) is 0 Å². The number of carboxylic acid groups (broad SMARTS) is 1. The summed E-state index contributed by atoms with van der Waals surface area (Å²) in [6.45, 7) is 3.73. The van der Waals surface area contributed by atoms with Crippen LogP contribution < -0.4 is 10.6 Å². The Kier molecular flexibility index (Phi) is 5.64. The highest BCUT2D eigenvalue weighted by Gasteiger charge is 2.17. The van der Waals surface area contributed by atoms with Crippen LogP contribution in [0.5, 0.6) is 0 Å². The van der Waals surface area contributed by atoms with Crippen molar-refractivity contribution in [3.63, 3.8) is 0 Å². The molecule has 114 valence electrons. The fourth-order valence-electron chi connectivity index (χ4n) is 2.40. The SMILES string of the molecule is Cc1cccc(NC(=O)CSC2CCNCC2)c1C(=O)O. The molecule has 0 unspecified atom stereocenters. The number of piperidine rings is 1. The molecule has 3 N–H and O–H groups in total. The molecular formula is C15H20N2O3S. The molecule has 1 amide bonds. The number of nitrogens with one attached hydrogen (secondary N) is 2. The van der Waals surface area contributed by atoms with Gasteiger partial charge in [0.2, 0.25) is 5.91 Å². The van der Waals surface area contributed by atoms with Gasteiger partial charge in [0.05, 0.1) is 17.0 Å². The lowest BCUT2D eigenvalue weighted by Gasteiger charge is -2.21. The largest absolute Gasteiger partial charge is 0.478 e. The summed E-state index contributed by atoms with van der Waals surface area (Å²) < 4.78 is 0. The zero-order chi connectivity index (χ0) is 15.2. The van der Waals surface area contributed by atoms with Gasteiger partial charge in [-0.25, -0.2) is 4.79 Å². The first-order valence-corrected chi connectivity index (χ1v) is 8.08. The predicted molar refractivity (Wildman–Crippen MR) is 85.1 cm³/mol. The number of amides is 1. The second-order valence-corrected chi connectivity index (χ2v) is 6.40. The van der Waals surface area contributed by atoms with Crippen molar-refractivity contribution in [3.8, 4) is 0 Å². The summed E-state index contributed by atoms with van der Waals surface area (Å²) in [5.74, 6) is -0.807. The van der Waals surface area contributed by atoms with Crippen LogP contribution in [0.25, 0.3) is 0 Å². The Morgan fingerprint density at radius 2 is 2.10 bits per heavy atom. The van der Waals surface area contributed by atoms with E-state index in [4.69, 9.17) is 0 Å². The molecule has 1 fully saturated rings. The lowest BCUT2D eigenvalue weighted by atomic mass is 10.1. The standard InChI is InChI=1S/C15H20N2O3S/c1-10-3-2-4-12(14(10)15(19)20)17-13(18)9-21-11-5-7-16-8-6-11/h2-4,11,16H,5-9H2,1H3,(H,17,18)(H,19,20). The van der Waals surface area contributed by atoms with Crippen LogP contribution in [-0.2, 0) is 4.79 Å². The van der Waals surface area contributed by atoms with E-state index in [1.165, 1.54) is 0 Å². The molecule has 0 radical (unpaired) electrons. The first-order valence-electron chi connectivity index (χ1n) is 7.03. The van der Waals surface area contributed by atoms with E-state index in [0.29, 0.717) is 22.3 Å². The molecule has 1 aliphatic rings. The van der Waals surface area contributed by atoms with Crippen molar-refractivity contribution in [2.45, 2.75) is 25.0 Å². The smallest absolute Gasteiger partial charge is 0.338 e. The highest BCUT2D eigenvalue weighted by molar-refractivity contribution is 8.00. The van der Waals surface area contributed by atoms with Crippen LogP contribution in [0.1, 0.15) is 28.8 Å². The molecule has 0 spiro atoms. The molecule has 6 heteroatoms. The molecule has 1 aromatic carbocycles. The number of thioether (sulfide) groups is 1. The average molecular weight is 308 g/mol. The molecule has 0 atom stereocenters. The summed E-state index contributed by atoms with van der Waals surface area (Å²) >= 11 is 1.64. The third-order valence-corrected chi connectivity index (χ3v) is 4.87. The number of carbonyl (C=O) groups excluding carboxylic acids is 1. The highest BCUT2D eigenvalue weighted by atomic mass is 32.2. The normalized spacial score (nSPS) is 15.7. The van der Waals surface area contributed by atoms with Gasteiger partial charge in [0.15, 0.2) is 0 Å². The number of rotatable bonds is 5. The molecule has 0 aliphatic carbocycles. The van der Waals surface area contributed by atoms with Crippen molar-refractivity contribution in [3.05, 3.63) is 29.3 Å². The average Bonchev–Trinajstić information content (AvgIpc) is 2.46. The molecule has 0 saturated carbocycles. The van der Waals surface area contributed by atoms with Crippen LogP contribution >= 0.6 is 11.8 Å². The molecule has 1 saturated heterocycles. The fraction of sp³-hybridized carbons (Fsp3) is 0.467. The van der Waals surface area contributed by atoms with Gasteiger partial charge in [-0.1, -0.05) is 12.1 Å². The first kappa shape index (κ1) is 15.9. The van der Waals surface area contributed by atoms with Gasteiger partial charge in [-0.2, -0.15) is 0 Å². The van der Waals surface area contributed by atoms with Crippen molar-refractivity contribution in [1.29, 1.82) is 0 Å². The van der Waals surface area contributed by atoms with Gasteiger partial charge in [0, 0.05) is 5.25 Å². The van der Waals surface area contributed by atoms with Crippen LogP contribution in [0.4, 0.5) is 5.69 Å². The molecule has 1 aromatic rings. The Bertz CT molecular complexity index is 528. The minimum atomic E-state index is -1.02. The Hall–Kier alpha value is -1.53. The quantitative estimate of drug-likeness (QED) is 0.776. The Morgan fingerprint density at radius 3 is 2.76 bits per heavy atom. The second-order valence-electron chi connectivity index (χ2n) is 5.11. The third kappa shape index (κ3) is 4.47. The Morgan fingerprint density at radius 1 is 1.38 bits per heavy atom. The monoisotopic (exact) mass is 308 g/mol. The number of carboxylic acids is 1. The molecule has 2 rings (SSSR count). The zero-order valence-corrected chi connectivity index (χ0v) is 12.8. The Labute approximate surface area is 128 Å². The topological polar surface area (TPSA) is 78.4 Å². The van der Waals surface area contributed by atoms with Crippen molar-refractivity contribution in [2.24, 2.45) is 0 Å². The lowest BCUT2D eigenvalue weighted by molar-refractivity contribution is -0.113. The molecule has 0 aromatic heterocycles. The lowest BCUT2D eigenvalue weighted by Crippen LogP contribution is -2.30. The van der Waals surface area contributed by atoms with Crippen LogP contribution in [-0.4, -0.2) is 41.1 Å². The summed E-state index contributed by atoms with van der Waals surface area (Å²) in [7, 11) is 0. The van der Waals surface area contributed by atoms with E-state index in [9.17, 15) is 14.7 Å². The maximum absolute atomic E-state index is 12.0. The van der Waals surface area contributed by atoms with E-state index in [2.05, 4.69) is 10.6 Å². The number of aromatic carboxylic acids is 1. The van der Waals surface area contributed by atoms with Crippen molar-refractivity contribution in [1.82, 2.24) is 5.32 Å². The summed E-state index contributed by atoms with van der Waals surface area (Å²) in [5.41, 5.74) is 1.18. The fourth-order valence-corrected chi connectivity index (χ4v) is 3.43. The van der Waals surface area contributed by atoms with E-state index >= 15 is 0 Å². The molecule has 21 heavy (non-hydrogen) atoms. The maximum Gasteiger partial charge on any atom is 0.338 e.